The highest BCUT2D eigenvalue weighted by molar-refractivity contribution is 5.77. The van der Waals surface area contributed by atoms with Crippen molar-refractivity contribution < 1.29 is 9.53 Å². The summed E-state index contributed by atoms with van der Waals surface area (Å²) in [7, 11) is 1.78. The average Bonchev–Trinajstić information content (AvgIpc) is 2.43. The maximum absolute atomic E-state index is 11.7. The highest BCUT2D eigenvalue weighted by Crippen LogP contribution is 2.31. The number of carbonyl (C=O) groups excluding carboxylic acids is 1. The largest absolute Gasteiger partial charge is 0.482 e. The molecule has 0 unspecified atom stereocenters. The summed E-state index contributed by atoms with van der Waals surface area (Å²) in [6, 6.07) is 6.00. The minimum Gasteiger partial charge on any atom is -0.482 e. The predicted octanol–water partition coefficient (Wildman–Crippen LogP) is 1.90. The van der Waals surface area contributed by atoms with E-state index in [4.69, 9.17) is 4.74 Å². The smallest absolute Gasteiger partial charge is 0.260 e. The number of benzene rings is 1. The number of nitrogens with one attached hydrogen (secondary N) is 1. The molecule has 4 nitrogen and oxygen atoms in total. The molecule has 1 aliphatic heterocycles. The molecule has 0 saturated carbocycles. The predicted molar refractivity (Wildman–Crippen MR) is 72.1 cm³/mol. The Kier molecular flexibility index (Phi) is 4.07. The summed E-state index contributed by atoms with van der Waals surface area (Å²) in [5, 5.41) is 3.35. The highest BCUT2D eigenvalue weighted by atomic mass is 16.5. The number of anilines is 1. The van der Waals surface area contributed by atoms with E-state index in [1.54, 1.807) is 11.9 Å². The van der Waals surface area contributed by atoms with Crippen molar-refractivity contribution in [3.8, 4) is 5.75 Å². The highest BCUT2D eigenvalue weighted by Gasteiger charge is 2.14. The molecule has 2 rings (SSSR count). The Labute approximate surface area is 108 Å². The van der Waals surface area contributed by atoms with Crippen molar-refractivity contribution in [3.05, 3.63) is 23.8 Å². The van der Waals surface area contributed by atoms with Crippen LogP contribution in [0, 0.1) is 0 Å². The Morgan fingerprint density at radius 1 is 1.50 bits per heavy atom. The molecule has 18 heavy (non-hydrogen) atoms. The van der Waals surface area contributed by atoms with Crippen LogP contribution in [-0.4, -0.2) is 37.6 Å². The number of hydrogen-bond acceptors (Lipinski definition) is 3. The summed E-state index contributed by atoms with van der Waals surface area (Å²) in [4.78, 5) is 13.4. The Bertz CT molecular complexity index is 432. The maximum atomic E-state index is 11.7. The summed E-state index contributed by atoms with van der Waals surface area (Å²) in [6.45, 7) is 3.72. The van der Waals surface area contributed by atoms with Crippen LogP contribution in [0.25, 0.3) is 0 Å². The molecule has 1 amide bonds. The van der Waals surface area contributed by atoms with Gasteiger partial charge in [-0.2, -0.15) is 0 Å². The number of ether oxygens (including phenoxy) is 1. The van der Waals surface area contributed by atoms with E-state index in [1.165, 1.54) is 5.56 Å². The van der Waals surface area contributed by atoms with Gasteiger partial charge in [0.05, 0.1) is 5.69 Å². The van der Waals surface area contributed by atoms with E-state index in [-0.39, 0.29) is 12.5 Å². The lowest BCUT2D eigenvalue weighted by Gasteiger charge is -2.21. The molecule has 0 aromatic heterocycles. The number of hydrogen-bond donors (Lipinski definition) is 1. The van der Waals surface area contributed by atoms with Crippen LogP contribution in [0.15, 0.2) is 18.2 Å². The number of para-hydroxylation sites is 1. The second-order valence-corrected chi connectivity index (χ2v) is 4.52. The molecule has 1 heterocycles. The van der Waals surface area contributed by atoms with Crippen molar-refractivity contribution in [2.75, 3.05) is 32.1 Å². The first-order valence-corrected chi connectivity index (χ1v) is 6.45. The zero-order valence-corrected chi connectivity index (χ0v) is 11.0. The van der Waals surface area contributed by atoms with Gasteiger partial charge in [0.1, 0.15) is 5.75 Å². The number of amides is 1. The van der Waals surface area contributed by atoms with Gasteiger partial charge in [0.2, 0.25) is 0 Å². The van der Waals surface area contributed by atoms with E-state index < -0.39 is 0 Å². The van der Waals surface area contributed by atoms with E-state index >= 15 is 0 Å². The first-order valence-electron chi connectivity index (χ1n) is 6.45. The summed E-state index contributed by atoms with van der Waals surface area (Å²) in [5.41, 5.74) is 2.32. The molecule has 1 N–H and O–H groups in total. The zero-order valence-electron chi connectivity index (χ0n) is 11.0. The van der Waals surface area contributed by atoms with Crippen molar-refractivity contribution in [3.63, 3.8) is 0 Å². The van der Waals surface area contributed by atoms with Crippen LogP contribution in [0.5, 0.6) is 5.75 Å². The van der Waals surface area contributed by atoms with Gasteiger partial charge in [-0.3, -0.25) is 4.79 Å². The molecular weight excluding hydrogens is 228 g/mol. The first-order chi connectivity index (χ1) is 8.72. The molecule has 98 valence electrons. The molecule has 0 saturated heterocycles. The van der Waals surface area contributed by atoms with Gasteiger partial charge >= 0.3 is 0 Å². The zero-order chi connectivity index (χ0) is 13.0. The van der Waals surface area contributed by atoms with Gasteiger partial charge < -0.3 is 15.0 Å². The number of rotatable bonds is 4. The normalized spacial score (nSPS) is 13.4. The SMILES string of the molecule is CCN(C)C(=O)COc1cccc2c1NCCC2. The van der Waals surface area contributed by atoms with Gasteiger partial charge in [0.15, 0.2) is 6.61 Å². The van der Waals surface area contributed by atoms with E-state index in [9.17, 15) is 4.79 Å². The molecule has 0 fully saturated rings. The van der Waals surface area contributed by atoms with Gasteiger partial charge in [-0.05, 0) is 31.4 Å². The van der Waals surface area contributed by atoms with Crippen LogP contribution in [0.2, 0.25) is 0 Å². The molecule has 0 spiro atoms. The van der Waals surface area contributed by atoms with Gasteiger partial charge in [0, 0.05) is 20.1 Å². The van der Waals surface area contributed by atoms with Crippen LogP contribution in [0.4, 0.5) is 5.69 Å². The molecule has 0 bridgehead atoms. The van der Waals surface area contributed by atoms with Crippen LogP contribution < -0.4 is 10.1 Å². The Hall–Kier alpha value is -1.71. The van der Waals surface area contributed by atoms with Crippen molar-refractivity contribution in [2.45, 2.75) is 19.8 Å². The molecule has 1 aromatic carbocycles. The number of likely N-dealkylation sites (N-methyl/N-ethyl adjacent to an activating group) is 1. The standard InChI is InChI=1S/C14H20N2O2/c1-3-16(2)13(17)10-18-12-8-4-6-11-7-5-9-15-14(11)12/h4,6,8,15H,3,5,7,9-10H2,1-2H3. The van der Waals surface area contributed by atoms with Crippen LogP contribution in [0.1, 0.15) is 18.9 Å². The van der Waals surface area contributed by atoms with Gasteiger partial charge in [-0.1, -0.05) is 12.1 Å². The van der Waals surface area contributed by atoms with Gasteiger partial charge in [-0.15, -0.1) is 0 Å². The second kappa shape index (κ2) is 5.76. The van der Waals surface area contributed by atoms with E-state index in [1.807, 2.05) is 19.1 Å². The molecule has 0 aliphatic carbocycles. The minimum absolute atomic E-state index is 0.00547. The molecule has 4 heteroatoms. The maximum Gasteiger partial charge on any atom is 0.260 e. The van der Waals surface area contributed by atoms with Crippen molar-refractivity contribution >= 4 is 11.6 Å². The Balaban J connectivity index is 2.03. The van der Waals surface area contributed by atoms with E-state index in [0.29, 0.717) is 6.54 Å². The average molecular weight is 248 g/mol. The third kappa shape index (κ3) is 2.75. The molecular formula is C14H20N2O2. The number of fused-ring (bicyclic) bond motifs is 1. The lowest BCUT2D eigenvalue weighted by molar-refractivity contribution is -0.131. The topological polar surface area (TPSA) is 41.6 Å². The van der Waals surface area contributed by atoms with Crippen LogP contribution in [0.3, 0.4) is 0 Å². The number of nitrogens with zero attached hydrogens (tertiary/aromatic N) is 1. The summed E-state index contributed by atoms with van der Waals surface area (Å²) in [5.74, 6) is 0.788. The quantitative estimate of drug-likeness (QED) is 0.885. The summed E-state index contributed by atoms with van der Waals surface area (Å²) in [6.07, 6.45) is 2.22. The van der Waals surface area contributed by atoms with Crippen LogP contribution >= 0.6 is 0 Å². The summed E-state index contributed by atoms with van der Waals surface area (Å²) >= 11 is 0. The first kappa shape index (κ1) is 12.7. The van der Waals surface area contributed by atoms with Crippen molar-refractivity contribution in [1.82, 2.24) is 4.90 Å². The summed E-state index contributed by atoms with van der Waals surface area (Å²) < 4.78 is 5.64. The number of aryl methyl sites for hydroxylation is 1. The van der Waals surface area contributed by atoms with Gasteiger partial charge in [0.25, 0.3) is 5.91 Å². The van der Waals surface area contributed by atoms with Crippen molar-refractivity contribution in [2.24, 2.45) is 0 Å². The fraction of sp³-hybridized carbons (Fsp3) is 0.500. The van der Waals surface area contributed by atoms with E-state index in [0.717, 1.165) is 30.8 Å². The minimum atomic E-state index is 0.00547. The Morgan fingerprint density at radius 2 is 2.33 bits per heavy atom. The van der Waals surface area contributed by atoms with Crippen molar-refractivity contribution in [1.29, 1.82) is 0 Å². The third-order valence-electron chi connectivity index (χ3n) is 3.29. The molecule has 1 aromatic rings. The lowest BCUT2D eigenvalue weighted by atomic mass is 10.0. The fourth-order valence-electron chi connectivity index (χ4n) is 2.02. The van der Waals surface area contributed by atoms with E-state index in [2.05, 4.69) is 11.4 Å². The lowest BCUT2D eigenvalue weighted by Crippen LogP contribution is -2.31. The monoisotopic (exact) mass is 248 g/mol. The van der Waals surface area contributed by atoms with Gasteiger partial charge in [-0.25, -0.2) is 0 Å². The second-order valence-electron chi connectivity index (χ2n) is 4.52. The van der Waals surface area contributed by atoms with Crippen LogP contribution in [-0.2, 0) is 11.2 Å². The molecule has 0 atom stereocenters. The molecule has 0 radical (unpaired) electrons. The third-order valence-corrected chi connectivity index (χ3v) is 3.29. The molecule has 1 aliphatic rings. The number of carbonyl (C=O) groups is 1. The fourth-order valence-corrected chi connectivity index (χ4v) is 2.02. The Morgan fingerprint density at radius 3 is 3.11 bits per heavy atom.